The number of anilines is 1. The Labute approximate surface area is 265 Å². The molecule has 11 nitrogen and oxygen atoms in total. The monoisotopic (exact) mass is 622 g/mol. The van der Waals surface area contributed by atoms with E-state index < -0.39 is 29.3 Å². The first kappa shape index (κ1) is 32.6. The van der Waals surface area contributed by atoms with E-state index in [9.17, 15) is 19.5 Å². The second kappa shape index (κ2) is 13.7. The number of carboxylic acids is 1. The van der Waals surface area contributed by atoms with Crippen LogP contribution in [0.2, 0.25) is 0 Å². The minimum atomic E-state index is -0.942. The van der Waals surface area contributed by atoms with Crippen LogP contribution in [0.1, 0.15) is 63.5 Å². The van der Waals surface area contributed by atoms with Crippen molar-refractivity contribution in [2.45, 2.75) is 65.0 Å². The third-order valence-corrected chi connectivity index (χ3v) is 9.54. The summed E-state index contributed by atoms with van der Waals surface area (Å²) in [4.78, 5) is 45.8. The maximum atomic E-state index is 14.1. The van der Waals surface area contributed by atoms with Crippen LogP contribution in [-0.2, 0) is 20.9 Å². The summed E-state index contributed by atoms with van der Waals surface area (Å²) in [5, 5.41) is 10.7. The molecule has 11 heteroatoms. The van der Waals surface area contributed by atoms with Crippen LogP contribution in [0.5, 0.6) is 17.2 Å². The molecule has 2 saturated heterocycles. The lowest BCUT2D eigenvalue weighted by molar-refractivity contribution is -0.143. The minimum Gasteiger partial charge on any atom is -0.493 e. The third-order valence-electron chi connectivity index (χ3n) is 9.54. The van der Waals surface area contributed by atoms with Crippen molar-refractivity contribution in [1.29, 1.82) is 0 Å². The fourth-order valence-corrected chi connectivity index (χ4v) is 6.93. The van der Waals surface area contributed by atoms with Crippen molar-refractivity contribution >= 4 is 23.5 Å². The molecular weight excluding hydrogens is 576 g/mol. The number of carbonyl (C=O) groups excluding carboxylic acids is 2. The summed E-state index contributed by atoms with van der Waals surface area (Å²) in [7, 11) is 1.54. The van der Waals surface area contributed by atoms with Crippen molar-refractivity contribution in [3.05, 3.63) is 47.5 Å². The Kier molecular flexibility index (Phi) is 9.88. The Hall–Kier alpha value is -3.83. The topological polar surface area (TPSA) is 135 Å². The number of methoxy groups -OCH3 is 1. The highest BCUT2D eigenvalue weighted by Gasteiger charge is 2.48. The van der Waals surface area contributed by atoms with Gasteiger partial charge < -0.3 is 34.9 Å². The van der Waals surface area contributed by atoms with Gasteiger partial charge >= 0.3 is 5.97 Å². The molecule has 3 atom stereocenters. The van der Waals surface area contributed by atoms with E-state index in [0.29, 0.717) is 56.4 Å². The predicted octanol–water partition coefficient (Wildman–Crippen LogP) is 3.83. The van der Waals surface area contributed by atoms with Gasteiger partial charge in [0, 0.05) is 55.8 Å². The first-order valence-corrected chi connectivity index (χ1v) is 15.9. The summed E-state index contributed by atoms with van der Waals surface area (Å²) in [6.45, 7) is 8.41. The molecule has 2 aromatic rings. The fourth-order valence-electron chi connectivity index (χ4n) is 6.93. The summed E-state index contributed by atoms with van der Waals surface area (Å²) in [5.41, 5.74) is 7.94. The molecule has 244 valence electrons. The van der Waals surface area contributed by atoms with Crippen molar-refractivity contribution in [3.8, 4) is 17.2 Å². The quantitative estimate of drug-likeness (QED) is 0.342. The van der Waals surface area contributed by atoms with Crippen LogP contribution in [0.25, 0.3) is 0 Å². The van der Waals surface area contributed by atoms with Crippen molar-refractivity contribution in [1.82, 2.24) is 9.80 Å². The van der Waals surface area contributed by atoms with Gasteiger partial charge in [0.1, 0.15) is 0 Å². The van der Waals surface area contributed by atoms with Crippen LogP contribution in [0, 0.1) is 11.3 Å². The van der Waals surface area contributed by atoms with Crippen LogP contribution in [0.3, 0.4) is 0 Å². The SMILES string of the molecule is CCCCN(C(=O)CN1CC(c2cc(OC)c3c(c2)OCO3)C(C(=O)O)C1CCN1CCC(C)(C)C1=O)c1cccc(CN)c1. The van der Waals surface area contributed by atoms with Gasteiger partial charge in [-0.3, -0.25) is 19.3 Å². The molecule has 3 unspecified atom stereocenters. The molecule has 45 heavy (non-hydrogen) atoms. The molecule has 3 N–H and O–H groups in total. The predicted molar refractivity (Wildman–Crippen MR) is 170 cm³/mol. The van der Waals surface area contributed by atoms with Gasteiger partial charge in [-0.15, -0.1) is 0 Å². The van der Waals surface area contributed by atoms with E-state index in [-0.39, 0.29) is 25.2 Å². The molecule has 2 amide bonds. The molecule has 3 aliphatic heterocycles. The number of hydrogen-bond donors (Lipinski definition) is 2. The number of amides is 2. The lowest BCUT2D eigenvalue weighted by atomic mass is 9.84. The van der Waals surface area contributed by atoms with Gasteiger partial charge in [0.05, 0.1) is 19.6 Å². The van der Waals surface area contributed by atoms with E-state index in [1.165, 1.54) is 7.11 Å². The van der Waals surface area contributed by atoms with E-state index in [2.05, 4.69) is 6.92 Å². The molecule has 0 aromatic heterocycles. The summed E-state index contributed by atoms with van der Waals surface area (Å²) < 4.78 is 16.8. The second-order valence-electron chi connectivity index (χ2n) is 12.9. The summed E-state index contributed by atoms with van der Waals surface area (Å²) in [5.74, 6) is -0.746. The molecule has 3 heterocycles. The van der Waals surface area contributed by atoms with E-state index in [1.54, 1.807) is 4.90 Å². The van der Waals surface area contributed by atoms with E-state index in [1.807, 2.05) is 60.0 Å². The van der Waals surface area contributed by atoms with E-state index in [0.717, 1.165) is 36.1 Å². The van der Waals surface area contributed by atoms with Gasteiger partial charge in [0.2, 0.25) is 24.4 Å². The molecule has 0 bridgehead atoms. The van der Waals surface area contributed by atoms with Gasteiger partial charge in [-0.1, -0.05) is 39.3 Å². The van der Waals surface area contributed by atoms with E-state index >= 15 is 0 Å². The number of benzene rings is 2. The minimum absolute atomic E-state index is 0.0443. The number of carbonyl (C=O) groups is 3. The number of rotatable bonds is 13. The molecule has 0 saturated carbocycles. The smallest absolute Gasteiger partial charge is 0.308 e. The van der Waals surface area contributed by atoms with E-state index in [4.69, 9.17) is 19.9 Å². The number of likely N-dealkylation sites (tertiary alicyclic amines) is 2. The zero-order valence-corrected chi connectivity index (χ0v) is 26.8. The summed E-state index contributed by atoms with van der Waals surface area (Å²) >= 11 is 0. The average Bonchev–Trinajstić information content (AvgIpc) is 3.71. The van der Waals surface area contributed by atoms with Crippen LogP contribution in [0.4, 0.5) is 5.69 Å². The second-order valence-corrected chi connectivity index (χ2v) is 12.9. The van der Waals surface area contributed by atoms with Gasteiger partial charge in [0.25, 0.3) is 0 Å². The number of ether oxygens (including phenoxy) is 3. The Balaban J connectivity index is 1.47. The number of fused-ring (bicyclic) bond motifs is 1. The van der Waals surface area contributed by atoms with Gasteiger partial charge in [0.15, 0.2) is 11.5 Å². The number of hydrogen-bond acceptors (Lipinski definition) is 8. The lowest BCUT2D eigenvalue weighted by Crippen LogP contribution is -2.46. The van der Waals surface area contributed by atoms with Crippen molar-refractivity contribution in [3.63, 3.8) is 0 Å². The highest BCUT2D eigenvalue weighted by Crippen LogP contribution is 2.47. The number of unbranched alkanes of at least 4 members (excludes halogenated alkanes) is 1. The van der Waals surface area contributed by atoms with Crippen LogP contribution >= 0.6 is 0 Å². The molecular formula is C34H46N4O7. The Morgan fingerprint density at radius 3 is 2.67 bits per heavy atom. The maximum absolute atomic E-state index is 14.1. The molecule has 2 aromatic carbocycles. The fraction of sp³-hybridized carbons (Fsp3) is 0.559. The highest BCUT2D eigenvalue weighted by atomic mass is 16.7. The number of carboxylic acid groups (broad SMARTS) is 1. The summed E-state index contributed by atoms with van der Waals surface area (Å²) in [6.07, 6.45) is 2.94. The van der Waals surface area contributed by atoms with Gasteiger partial charge in [-0.25, -0.2) is 0 Å². The zero-order valence-electron chi connectivity index (χ0n) is 26.8. The third kappa shape index (κ3) is 6.74. The molecule has 0 radical (unpaired) electrons. The Morgan fingerprint density at radius 2 is 2.00 bits per heavy atom. The van der Waals surface area contributed by atoms with Crippen molar-refractivity contribution in [2.75, 3.05) is 51.5 Å². The molecule has 3 aliphatic rings. The molecule has 5 rings (SSSR count). The van der Waals surface area contributed by atoms with Crippen molar-refractivity contribution < 1.29 is 33.7 Å². The zero-order chi connectivity index (χ0) is 32.3. The van der Waals surface area contributed by atoms with Gasteiger partial charge in [-0.2, -0.15) is 0 Å². The van der Waals surface area contributed by atoms with Crippen LogP contribution in [-0.4, -0.2) is 85.4 Å². The molecule has 0 spiro atoms. The van der Waals surface area contributed by atoms with Gasteiger partial charge in [-0.05, 0) is 54.7 Å². The summed E-state index contributed by atoms with van der Waals surface area (Å²) in [6, 6.07) is 10.9. The molecule has 0 aliphatic carbocycles. The maximum Gasteiger partial charge on any atom is 0.308 e. The van der Waals surface area contributed by atoms with Crippen LogP contribution in [0.15, 0.2) is 36.4 Å². The standard InChI is InChI=1S/C34H46N4O7/c1-5-6-12-38(24-9-7-8-22(15-24)18-35)29(39)20-37-19-25(23-16-27(43-4)31-28(17-23)44-21-45-31)30(32(40)41)26(37)10-13-36-14-11-34(2,3)33(36)42/h7-9,15-17,25-26,30H,5-6,10-14,18-21,35H2,1-4H3,(H,40,41). The first-order chi connectivity index (χ1) is 21.6. The first-order valence-electron chi connectivity index (χ1n) is 15.9. The Morgan fingerprint density at radius 1 is 1.20 bits per heavy atom. The molecule has 2 fully saturated rings. The van der Waals surface area contributed by atoms with Crippen LogP contribution < -0.4 is 24.8 Å². The lowest BCUT2D eigenvalue weighted by Gasteiger charge is -2.31. The Bertz CT molecular complexity index is 1410. The number of nitrogens with zero attached hydrogens (tertiary/aromatic N) is 3. The highest BCUT2D eigenvalue weighted by molar-refractivity contribution is 5.95. The van der Waals surface area contributed by atoms with Crippen molar-refractivity contribution in [2.24, 2.45) is 17.1 Å². The largest absolute Gasteiger partial charge is 0.493 e. The number of nitrogens with two attached hydrogens (primary N) is 1. The average molecular weight is 623 g/mol. The normalized spacial score (nSPS) is 22.2. The number of aliphatic carboxylic acids is 1.